The third kappa shape index (κ3) is 6.05. The number of aliphatic hydroxyl groups excluding tert-OH is 1. The van der Waals surface area contributed by atoms with Gasteiger partial charge in [-0.25, -0.2) is 0 Å². The van der Waals surface area contributed by atoms with Crippen LogP contribution in [-0.4, -0.2) is 31.0 Å². The molecule has 1 atom stereocenters. The summed E-state index contributed by atoms with van der Waals surface area (Å²) in [7, 11) is 0. The minimum Gasteiger partial charge on any atom is -0.389 e. The molecular weight excluding hydrogens is 318 g/mol. The molecule has 0 saturated carbocycles. The summed E-state index contributed by atoms with van der Waals surface area (Å²) < 4.78 is 6.20. The lowest BCUT2D eigenvalue weighted by atomic mass is 10.3. The summed E-state index contributed by atoms with van der Waals surface area (Å²) in [6.45, 7) is 3.62. The second-order valence-corrected chi connectivity index (χ2v) is 5.35. The molecule has 0 spiro atoms. The molecule has 0 aliphatic carbocycles. The quantitative estimate of drug-likeness (QED) is 0.711. The largest absolute Gasteiger partial charge is 0.389 e. The van der Waals surface area contributed by atoms with Gasteiger partial charge in [0.15, 0.2) is 0 Å². The summed E-state index contributed by atoms with van der Waals surface area (Å²) >= 11 is 9.30. The molecular formula is C13H19BrClNO2. The third-order valence-corrected chi connectivity index (χ3v) is 3.65. The maximum Gasteiger partial charge on any atom is 0.0945 e. The van der Waals surface area contributed by atoms with Gasteiger partial charge in [-0.1, -0.05) is 24.9 Å². The Bertz CT molecular complexity index is 363. The van der Waals surface area contributed by atoms with Gasteiger partial charge < -0.3 is 15.2 Å². The average molecular weight is 337 g/mol. The number of aliphatic hydroxyl groups is 1. The number of nitrogens with one attached hydrogen (secondary N) is 1. The highest BCUT2D eigenvalue weighted by atomic mass is 79.9. The van der Waals surface area contributed by atoms with Crippen LogP contribution in [0.1, 0.15) is 19.8 Å². The summed E-state index contributed by atoms with van der Waals surface area (Å²) in [5, 5.41) is 13.5. The van der Waals surface area contributed by atoms with E-state index < -0.39 is 6.10 Å². The summed E-state index contributed by atoms with van der Waals surface area (Å²) in [6.07, 6.45) is 1.62. The van der Waals surface area contributed by atoms with E-state index in [-0.39, 0.29) is 0 Å². The van der Waals surface area contributed by atoms with Crippen LogP contribution in [0.5, 0.6) is 0 Å². The third-order valence-electron chi connectivity index (χ3n) is 2.41. The van der Waals surface area contributed by atoms with Gasteiger partial charge >= 0.3 is 0 Å². The summed E-state index contributed by atoms with van der Waals surface area (Å²) in [5.41, 5.74) is 0.885. The standard InChI is InChI=1S/C13H19BrClNO2/c1-2-3-6-18-9-11(17)8-16-10-4-5-12(14)13(15)7-10/h4-5,7,11,16-17H,2-3,6,8-9H2,1H3. The maximum atomic E-state index is 9.70. The molecule has 102 valence electrons. The summed E-state index contributed by atoms with van der Waals surface area (Å²) in [4.78, 5) is 0. The molecule has 0 amide bonds. The predicted molar refractivity (Wildman–Crippen MR) is 79.4 cm³/mol. The fourth-order valence-electron chi connectivity index (χ4n) is 1.37. The number of rotatable bonds is 8. The zero-order valence-electron chi connectivity index (χ0n) is 10.5. The number of unbranched alkanes of at least 4 members (excludes halogenated alkanes) is 1. The SMILES string of the molecule is CCCCOCC(O)CNc1ccc(Br)c(Cl)c1. The van der Waals surface area contributed by atoms with Gasteiger partial charge in [-0.2, -0.15) is 0 Å². The number of ether oxygens (including phenoxy) is 1. The number of hydrogen-bond acceptors (Lipinski definition) is 3. The van der Waals surface area contributed by atoms with Crippen LogP contribution >= 0.6 is 27.5 Å². The van der Waals surface area contributed by atoms with Crippen LogP contribution < -0.4 is 5.32 Å². The molecule has 0 aliphatic heterocycles. The molecule has 5 heteroatoms. The molecule has 1 aromatic carbocycles. The van der Waals surface area contributed by atoms with Crippen LogP contribution in [0.4, 0.5) is 5.69 Å². The normalized spacial score (nSPS) is 12.4. The van der Waals surface area contributed by atoms with Crippen molar-refractivity contribution in [2.24, 2.45) is 0 Å². The van der Waals surface area contributed by atoms with Gasteiger partial charge in [-0.3, -0.25) is 0 Å². The zero-order valence-corrected chi connectivity index (χ0v) is 12.8. The van der Waals surface area contributed by atoms with Crippen molar-refractivity contribution < 1.29 is 9.84 Å². The van der Waals surface area contributed by atoms with Crippen LogP contribution in [0.2, 0.25) is 5.02 Å². The van der Waals surface area contributed by atoms with Crippen LogP contribution in [0, 0.1) is 0 Å². The van der Waals surface area contributed by atoms with Gasteiger partial charge in [-0.05, 0) is 40.5 Å². The van der Waals surface area contributed by atoms with Crippen molar-refractivity contribution in [2.75, 3.05) is 25.1 Å². The molecule has 3 nitrogen and oxygen atoms in total. The summed E-state index contributed by atoms with van der Waals surface area (Å²) in [5.74, 6) is 0. The van der Waals surface area contributed by atoms with Gasteiger partial charge in [-0.15, -0.1) is 0 Å². The van der Waals surface area contributed by atoms with Crippen molar-refractivity contribution in [1.29, 1.82) is 0 Å². The van der Waals surface area contributed by atoms with Crippen LogP contribution in [0.3, 0.4) is 0 Å². The van der Waals surface area contributed by atoms with Crippen LogP contribution in [-0.2, 0) is 4.74 Å². The van der Waals surface area contributed by atoms with E-state index in [1.54, 1.807) is 0 Å². The Morgan fingerprint density at radius 1 is 1.50 bits per heavy atom. The molecule has 0 heterocycles. The smallest absolute Gasteiger partial charge is 0.0945 e. The first-order valence-electron chi connectivity index (χ1n) is 6.08. The average Bonchev–Trinajstić information content (AvgIpc) is 2.36. The molecule has 0 fully saturated rings. The minimum absolute atomic E-state index is 0.358. The number of halogens is 2. The maximum absolute atomic E-state index is 9.70. The first-order valence-corrected chi connectivity index (χ1v) is 7.25. The van der Waals surface area contributed by atoms with E-state index in [1.807, 2.05) is 18.2 Å². The molecule has 1 unspecified atom stereocenters. The Labute approximate surface area is 122 Å². The highest BCUT2D eigenvalue weighted by Crippen LogP contribution is 2.25. The molecule has 0 saturated heterocycles. The summed E-state index contributed by atoms with van der Waals surface area (Å²) in [6, 6.07) is 5.59. The van der Waals surface area contributed by atoms with Gasteiger partial charge in [0.25, 0.3) is 0 Å². The van der Waals surface area contributed by atoms with Crippen molar-refractivity contribution in [3.63, 3.8) is 0 Å². The van der Waals surface area contributed by atoms with E-state index in [2.05, 4.69) is 28.2 Å². The van der Waals surface area contributed by atoms with Crippen molar-refractivity contribution >= 4 is 33.2 Å². The van der Waals surface area contributed by atoms with E-state index in [0.29, 0.717) is 24.8 Å². The lowest BCUT2D eigenvalue weighted by molar-refractivity contribution is 0.0422. The van der Waals surface area contributed by atoms with Gasteiger partial charge in [0.05, 0.1) is 17.7 Å². The molecule has 0 aliphatic rings. The zero-order chi connectivity index (χ0) is 13.4. The van der Waals surface area contributed by atoms with Gasteiger partial charge in [0.1, 0.15) is 0 Å². The number of benzene rings is 1. The molecule has 0 radical (unpaired) electrons. The lowest BCUT2D eigenvalue weighted by Crippen LogP contribution is -2.25. The molecule has 0 bridgehead atoms. The fourth-order valence-corrected chi connectivity index (χ4v) is 1.79. The Balaban J connectivity index is 2.24. The van der Waals surface area contributed by atoms with Gasteiger partial charge in [0, 0.05) is 23.3 Å². The Morgan fingerprint density at radius 3 is 2.94 bits per heavy atom. The van der Waals surface area contributed by atoms with Crippen LogP contribution in [0.25, 0.3) is 0 Å². The van der Waals surface area contributed by atoms with E-state index in [1.165, 1.54) is 0 Å². The first kappa shape index (κ1) is 15.8. The minimum atomic E-state index is -0.510. The number of hydrogen-bond donors (Lipinski definition) is 2. The second-order valence-electron chi connectivity index (χ2n) is 4.09. The molecule has 0 aromatic heterocycles. The van der Waals surface area contributed by atoms with Crippen molar-refractivity contribution in [3.05, 3.63) is 27.7 Å². The van der Waals surface area contributed by atoms with Crippen molar-refractivity contribution in [1.82, 2.24) is 0 Å². The van der Waals surface area contributed by atoms with Crippen molar-refractivity contribution in [3.8, 4) is 0 Å². The van der Waals surface area contributed by atoms with E-state index >= 15 is 0 Å². The Kier molecular flexibility index (Phi) is 7.66. The monoisotopic (exact) mass is 335 g/mol. The highest BCUT2D eigenvalue weighted by Gasteiger charge is 2.05. The fraction of sp³-hybridized carbons (Fsp3) is 0.538. The first-order chi connectivity index (χ1) is 8.63. The molecule has 18 heavy (non-hydrogen) atoms. The predicted octanol–water partition coefficient (Wildman–Crippen LogP) is 3.69. The Morgan fingerprint density at radius 2 is 2.28 bits per heavy atom. The van der Waals surface area contributed by atoms with Crippen LogP contribution in [0.15, 0.2) is 22.7 Å². The topological polar surface area (TPSA) is 41.5 Å². The molecule has 1 rings (SSSR count). The van der Waals surface area contributed by atoms with Crippen molar-refractivity contribution in [2.45, 2.75) is 25.9 Å². The molecule has 1 aromatic rings. The van der Waals surface area contributed by atoms with E-state index in [0.717, 1.165) is 23.0 Å². The Hall–Kier alpha value is -0.290. The van der Waals surface area contributed by atoms with Gasteiger partial charge in [0.2, 0.25) is 0 Å². The molecule has 2 N–H and O–H groups in total. The van der Waals surface area contributed by atoms with E-state index in [9.17, 15) is 5.11 Å². The second kappa shape index (κ2) is 8.75. The lowest BCUT2D eigenvalue weighted by Gasteiger charge is -2.13. The highest BCUT2D eigenvalue weighted by molar-refractivity contribution is 9.10. The number of anilines is 1. The van der Waals surface area contributed by atoms with E-state index in [4.69, 9.17) is 16.3 Å².